The molecule has 1 amide bonds. The number of amides is 1. The van der Waals surface area contributed by atoms with Crippen molar-refractivity contribution in [2.45, 2.75) is 78.2 Å². The first-order valence-electron chi connectivity index (χ1n) is 11.8. The topological polar surface area (TPSA) is 114 Å². The number of aliphatic hydroxyl groups excluding tert-OH is 1. The Morgan fingerprint density at radius 2 is 1.91 bits per heavy atom. The molecule has 4 rings (SSSR count). The zero-order chi connectivity index (χ0) is 24.7. The summed E-state index contributed by atoms with van der Waals surface area (Å²) in [6.07, 6.45) is 2.16. The van der Waals surface area contributed by atoms with E-state index in [4.69, 9.17) is 14.2 Å². The lowest BCUT2D eigenvalue weighted by Gasteiger charge is -2.42. The van der Waals surface area contributed by atoms with E-state index in [9.17, 15) is 19.8 Å². The minimum atomic E-state index is -0.917. The summed E-state index contributed by atoms with van der Waals surface area (Å²) in [5, 5.41) is 23.3. The fourth-order valence-electron chi connectivity index (χ4n) is 4.89. The number of ether oxygens (including phenoxy) is 3. The van der Waals surface area contributed by atoms with Gasteiger partial charge in [-0.2, -0.15) is 0 Å². The fourth-order valence-corrected chi connectivity index (χ4v) is 4.89. The van der Waals surface area contributed by atoms with Gasteiger partial charge < -0.3 is 29.7 Å². The van der Waals surface area contributed by atoms with E-state index in [1.165, 1.54) is 6.07 Å². The second-order valence-electron chi connectivity index (χ2n) is 9.49. The normalized spacial score (nSPS) is 36.7. The first-order valence-corrected chi connectivity index (χ1v) is 11.8. The van der Waals surface area contributed by atoms with E-state index >= 15 is 0 Å². The second-order valence-corrected chi connectivity index (χ2v) is 9.49. The van der Waals surface area contributed by atoms with Crippen LogP contribution in [0.2, 0.25) is 0 Å². The number of phenolic OH excluding ortho intramolecular Hbond substituents is 1. The van der Waals surface area contributed by atoms with Crippen molar-refractivity contribution in [2.24, 2.45) is 11.8 Å². The molecule has 1 aromatic rings. The van der Waals surface area contributed by atoms with E-state index < -0.39 is 36.4 Å². The molecule has 8 nitrogen and oxygen atoms in total. The SMILES string of the molecule is C/C=C1/C=C(/C)[C@H]2Oc3c(cc(O)cc3[C@@H](OC3CCC(O)C(C)O3)[C@@H]2C)NC(=O)C(C)C1=O. The molecule has 3 heterocycles. The lowest BCUT2D eigenvalue weighted by molar-refractivity contribution is -0.247. The number of ketones is 1. The maximum atomic E-state index is 13.0. The summed E-state index contributed by atoms with van der Waals surface area (Å²) in [4.78, 5) is 25.9. The smallest absolute Gasteiger partial charge is 0.235 e. The molecule has 1 fully saturated rings. The Bertz CT molecular complexity index is 1050. The molecular formula is C26H33NO7. The minimum Gasteiger partial charge on any atom is -0.508 e. The zero-order valence-corrected chi connectivity index (χ0v) is 20.2. The van der Waals surface area contributed by atoms with Crippen LogP contribution in [-0.2, 0) is 19.1 Å². The highest BCUT2D eigenvalue weighted by Gasteiger charge is 2.42. The van der Waals surface area contributed by atoms with Gasteiger partial charge in [-0.15, -0.1) is 0 Å². The molecule has 0 spiro atoms. The van der Waals surface area contributed by atoms with Crippen molar-refractivity contribution in [3.05, 3.63) is 41.0 Å². The number of carbonyl (C=O) groups is 2. The third-order valence-corrected chi connectivity index (χ3v) is 6.99. The summed E-state index contributed by atoms with van der Waals surface area (Å²) in [5.74, 6) is -1.55. The molecule has 0 saturated carbocycles. The summed E-state index contributed by atoms with van der Waals surface area (Å²) in [5.41, 5.74) is 2.14. The molecule has 3 aliphatic rings. The number of nitrogens with one attached hydrogen (secondary N) is 1. The van der Waals surface area contributed by atoms with Crippen LogP contribution < -0.4 is 10.1 Å². The summed E-state index contributed by atoms with van der Waals surface area (Å²) in [6, 6.07) is 3.00. The van der Waals surface area contributed by atoms with Gasteiger partial charge in [-0.05, 0) is 51.8 Å². The Labute approximate surface area is 199 Å². The predicted octanol–water partition coefficient (Wildman–Crippen LogP) is 3.78. The number of hydrogen-bond acceptors (Lipinski definition) is 7. The number of allylic oxidation sites excluding steroid dienone is 3. The highest BCUT2D eigenvalue weighted by molar-refractivity contribution is 6.14. The summed E-state index contributed by atoms with van der Waals surface area (Å²) in [6.45, 7) is 9.02. The number of fused-ring (bicyclic) bond motifs is 1. The predicted molar refractivity (Wildman–Crippen MR) is 125 cm³/mol. The van der Waals surface area contributed by atoms with Crippen LogP contribution in [0.25, 0.3) is 0 Å². The van der Waals surface area contributed by atoms with Gasteiger partial charge >= 0.3 is 0 Å². The number of aromatic hydroxyl groups is 1. The highest BCUT2D eigenvalue weighted by atomic mass is 16.7. The van der Waals surface area contributed by atoms with Gasteiger partial charge in [0.25, 0.3) is 0 Å². The van der Waals surface area contributed by atoms with Crippen molar-refractivity contribution in [1.82, 2.24) is 0 Å². The van der Waals surface area contributed by atoms with Crippen LogP contribution in [0.3, 0.4) is 0 Å². The monoisotopic (exact) mass is 471 g/mol. The molecule has 184 valence electrons. The van der Waals surface area contributed by atoms with E-state index in [1.54, 1.807) is 32.1 Å². The van der Waals surface area contributed by atoms with E-state index in [0.717, 1.165) is 5.57 Å². The summed E-state index contributed by atoms with van der Waals surface area (Å²) >= 11 is 0. The zero-order valence-electron chi connectivity index (χ0n) is 20.2. The van der Waals surface area contributed by atoms with Crippen molar-refractivity contribution in [3.8, 4) is 11.5 Å². The van der Waals surface area contributed by atoms with Crippen molar-refractivity contribution in [2.75, 3.05) is 5.32 Å². The standard InChI is InChI=1S/C26H33NO7/c1-6-16-9-12(2)23-14(4)24(33-21-8-7-20(29)15(5)32-21)18-10-17(28)11-19(25(18)34-23)27-26(31)13(3)22(16)30/h6,9-11,13-15,20-21,23-24,28-29H,7-8H2,1-5H3,(H,27,31)/b12-9-,16-6-/t13?,14-,15?,20?,21?,23-,24+/m1/s1. The molecule has 34 heavy (non-hydrogen) atoms. The molecule has 2 bridgehead atoms. The van der Waals surface area contributed by atoms with Crippen LogP contribution in [0.1, 0.15) is 59.1 Å². The second kappa shape index (κ2) is 9.52. The third kappa shape index (κ3) is 4.50. The number of rotatable bonds is 2. The van der Waals surface area contributed by atoms with Crippen LogP contribution in [0.15, 0.2) is 35.4 Å². The molecule has 0 aliphatic carbocycles. The maximum Gasteiger partial charge on any atom is 0.235 e. The van der Waals surface area contributed by atoms with Crippen molar-refractivity contribution < 1.29 is 34.0 Å². The summed E-state index contributed by atoms with van der Waals surface area (Å²) in [7, 11) is 0. The quantitative estimate of drug-likeness (QED) is 0.444. The minimum absolute atomic E-state index is 0.0551. The maximum absolute atomic E-state index is 13.0. The Kier molecular flexibility index (Phi) is 6.85. The van der Waals surface area contributed by atoms with E-state index in [1.807, 2.05) is 20.8 Å². The molecule has 3 aliphatic heterocycles. The molecule has 1 aromatic carbocycles. The number of anilines is 1. The van der Waals surface area contributed by atoms with Gasteiger partial charge in [0, 0.05) is 29.5 Å². The highest BCUT2D eigenvalue weighted by Crippen LogP contribution is 2.49. The van der Waals surface area contributed by atoms with Gasteiger partial charge in [0.15, 0.2) is 12.1 Å². The average molecular weight is 472 g/mol. The van der Waals surface area contributed by atoms with Crippen LogP contribution >= 0.6 is 0 Å². The Morgan fingerprint density at radius 1 is 1.18 bits per heavy atom. The van der Waals surface area contributed by atoms with Gasteiger partial charge in [-0.25, -0.2) is 0 Å². The van der Waals surface area contributed by atoms with Crippen LogP contribution in [0.4, 0.5) is 5.69 Å². The van der Waals surface area contributed by atoms with Crippen molar-refractivity contribution in [3.63, 3.8) is 0 Å². The van der Waals surface area contributed by atoms with Crippen molar-refractivity contribution >= 4 is 17.4 Å². The number of benzene rings is 1. The van der Waals surface area contributed by atoms with E-state index in [2.05, 4.69) is 5.32 Å². The first kappa shape index (κ1) is 24.4. The van der Waals surface area contributed by atoms with Gasteiger partial charge in [-0.3, -0.25) is 9.59 Å². The number of hydrogen-bond donors (Lipinski definition) is 3. The Balaban J connectivity index is 1.81. The Hall–Kier alpha value is -2.68. The van der Waals surface area contributed by atoms with Crippen LogP contribution in [0, 0.1) is 11.8 Å². The molecule has 3 N–H and O–H groups in total. The fraction of sp³-hybridized carbons (Fsp3) is 0.538. The molecule has 7 atom stereocenters. The van der Waals surface area contributed by atoms with Gasteiger partial charge in [0.05, 0.1) is 29.9 Å². The average Bonchev–Trinajstić information content (AvgIpc) is 2.80. The van der Waals surface area contributed by atoms with Gasteiger partial charge in [-0.1, -0.05) is 13.0 Å². The van der Waals surface area contributed by atoms with Crippen LogP contribution in [0.5, 0.6) is 11.5 Å². The Morgan fingerprint density at radius 3 is 2.59 bits per heavy atom. The molecule has 4 unspecified atom stereocenters. The summed E-state index contributed by atoms with van der Waals surface area (Å²) < 4.78 is 18.7. The van der Waals surface area contributed by atoms with E-state index in [0.29, 0.717) is 29.7 Å². The number of phenols is 1. The first-order chi connectivity index (χ1) is 16.1. The lowest BCUT2D eigenvalue weighted by atomic mass is 9.84. The molecule has 8 heteroatoms. The van der Waals surface area contributed by atoms with Gasteiger partial charge in [0.2, 0.25) is 5.91 Å². The molecule has 0 aromatic heterocycles. The molecule has 0 radical (unpaired) electrons. The number of Topliss-reactive ketones (excluding diaryl/α,β-unsaturated/α-hetero) is 1. The van der Waals surface area contributed by atoms with Crippen molar-refractivity contribution in [1.29, 1.82) is 0 Å². The largest absolute Gasteiger partial charge is 0.508 e. The van der Waals surface area contributed by atoms with Crippen LogP contribution in [-0.4, -0.2) is 46.5 Å². The lowest BCUT2D eigenvalue weighted by Crippen LogP contribution is -2.42. The number of carbonyl (C=O) groups excluding carboxylic acids is 2. The van der Waals surface area contributed by atoms with E-state index in [-0.39, 0.29) is 29.2 Å². The number of aliphatic hydroxyl groups is 1. The van der Waals surface area contributed by atoms with Gasteiger partial charge in [0.1, 0.15) is 17.6 Å². The third-order valence-electron chi connectivity index (χ3n) is 6.99. The molecular weight excluding hydrogens is 438 g/mol. The molecule has 1 saturated heterocycles.